The highest BCUT2D eigenvalue weighted by Gasteiger charge is 2.08. The van der Waals surface area contributed by atoms with Crippen molar-refractivity contribution in [2.45, 2.75) is 33.3 Å². The molecule has 0 saturated heterocycles. The van der Waals surface area contributed by atoms with Gasteiger partial charge in [0.15, 0.2) is 0 Å². The fourth-order valence-corrected chi connectivity index (χ4v) is 1.63. The molecule has 17 heavy (non-hydrogen) atoms. The lowest BCUT2D eigenvalue weighted by molar-refractivity contribution is 0.0221. The summed E-state index contributed by atoms with van der Waals surface area (Å²) in [6, 6.07) is 8.52. The van der Waals surface area contributed by atoms with E-state index in [1.807, 2.05) is 13.0 Å². The van der Waals surface area contributed by atoms with Crippen LogP contribution in [0.4, 0.5) is 0 Å². The van der Waals surface area contributed by atoms with Gasteiger partial charge >= 0.3 is 0 Å². The zero-order chi connectivity index (χ0) is 12.5. The number of hydrogen-bond acceptors (Lipinski definition) is 2. The van der Waals surface area contributed by atoms with Crippen LogP contribution in [-0.2, 0) is 9.47 Å². The van der Waals surface area contributed by atoms with Crippen molar-refractivity contribution in [1.29, 1.82) is 0 Å². The van der Waals surface area contributed by atoms with E-state index in [9.17, 15) is 0 Å². The lowest BCUT2D eigenvalue weighted by Crippen LogP contribution is -2.08. The summed E-state index contributed by atoms with van der Waals surface area (Å²) in [5.74, 6) is 0. The first-order chi connectivity index (χ1) is 8.27. The topological polar surface area (TPSA) is 18.5 Å². The van der Waals surface area contributed by atoms with E-state index in [2.05, 4.69) is 38.1 Å². The third kappa shape index (κ3) is 5.05. The second kappa shape index (κ2) is 7.91. The van der Waals surface area contributed by atoms with E-state index in [1.54, 1.807) is 6.26 Å². The van der Waals surface area contributed by atoms with Crippen molar-refractivity contribution in [3.63, 3.8) is 0 Å². The second-order valence-electron chi connectivity index (χ2n) is 4.02. The van der Waals surface area contributed by atoms with Crippen LogP contribution in [0.1, 0.15) is 37.5 Å². The molecule has 0 aliphatic carbocycles. The normalized spacial score (nSPS) is 12.9. The van der Waals surface area contributed by atoms with Gasteiger partial charge in [0.05, 0.1) is 19.0 Å². The van der Waals surface area contributed by atoms with Crippen LogP contribution in [0.3, 0.4) is 0 Å². The molecule has 1 atom stereocenters. The highest BCUT2D eigenvalue weighted by atomic mass is 16.5. The lowest BCUT2D eigenvalue weighted by Gasteiger charge is -2.16. The third-order valence-corrected chi connectivity index (χ3v) is 2.57. The van der Waals surface area contributed by atoms with Crippen LogP contribution in [0.25, 0.3) is 0 Å². The van der Waals surface area contributed by atoms with E-state index in [-0.39, 0.29) is 6.10 Å². The summed E-state index contributed by atoms with van der Waals surface area (Å²) in [5.41, 5.74) is 2.52. The van der Waals surface area contributed by atoms with Gasteiger partial charge in [-0.15, -0.1) is 0 Å². The van der Waals surface area contributed by atoms with E-state index in [0.717, 1.165) is 6.42 Å². The second-order valence-corrected chi connectivity index (χ2v) is 4.02. The van der Waals surface area contributed by atoms with Crippen LogP contribution in [0.2, 0.25) is 0 Å². The predicted octanol–water partition coefficient (Wildman–Crippen LogP) is 4.01. The Labute approximate surface area is 104 Å². The van der Waals surface area contributed by atoms with Crippen LogP contribution in [-0.4, -0.2) is 13.2 Å². The minimum absolute atomic E-state index is 0.171. The average molecular weight is 234 g/mol. The number of benzene rings is 1. The van der Waals surface area contributed by atoms with Gasteiger partial charge < -0.3 is 9.47 Å². The Hall–Kier alpha value is -1.28. The molecule has 0 aliphatic rings. The molecule has 0 N–H and O–H groups in total. The molecule has 0 spiro atoms. The van der Waals surface area contributed by atoms with Crippen LogP contribution < -0.4 is 0 Å². The van der Waals surface area contributed by atoms with Gasteiger partial charge in [0.2, 0.25) is 0 Å². The van der Waals surface area contributed by atoms with Gasteiger partial charge in [0.1, 0.15) is 6.61 Å². The first-order valence-electron chi connectivity index (χ1n) is 6.18. The zero-order valence-corrected chi connectivity index (χ0v) is 11.0. The van der Waals surface area contributed by atoms with E-state index in [0.29, 0.717) is 13.2 Å². The van der Waals surface area contributed by atoms with Crippen LogP contribution in [0.15, 0.2) is 36.6 Å². The monoisotopic (exact) mass is 234 g/mol. The fourth-order valence-electron chi connectivity index (χ4n) is 1.63. The SMILES string of the molecule is CC=COCCOC(CC)c1ccc(C)cc1. The van der Waals surface area contributed by atoms with Crippen molar-refractivity contribution >= 4 is 0 Å². The van der Waals surface area contributed by atoms with Gasteiger partial charge in [-0.05, 0) is 25.8 Å². The standard InChI is InChI=1S/C15H22O2/c1-4-10-16-11-12-17-15(5-2)14-8-6-13(3)7-9-14/h4,6-10,15H,5,11-12H2,1-3H3. The number of ether oxygens (including phenoxy) is 2. The predicted molar refractivity (Wildman–Crippen MR) is 70.9 cm³/mol. The molecule has 2 heteroatoms. The summed E-state index contributed by atoms with van der Waals surface area (Å²) in [6.07, 6.45) is 4.71. The van der Waals surface area contributed by atoms with Crippen molar-refractivity contribution in [2.75, 3.05) is 13.2 Å². The van der Waals surface area contributed by atoms with Gasteiger partial charge in [0, 0.05) is 0 Å². The third-order valence-electron chi connectivity index (χ3n) is 2.57. The van der Waals surface area contributed by atoms with Gasteiger partial charge in [-0.25, -0.2) is 0 Å². The number of aryl methyl sites for hydroxylation is 1. The molecular formula is C15H22O2. The Morgan fingerprint density at radius 3 is 2.47 bits per heavy atom. The maximum absolute atomic E-state index is 5.80. The quantitative estimate of drug-likeness (QED) is 0.524. The molecule has 0 heterocycles. The maximum Gasteiger partial charge on any atom is 0.111 e. The molecule has 1 unspecified atom stereocenters. The number of rotatable bonds is 7. The number of allylic oxidation sites excluding steroid dienone is 1. The maximum atomic E-state index is 5.80. The molecule has 0 radical (unpaired) electrons. The Morgan fingerprint density at radius 2 is 1.88 bits per heavy atom. The Kier molecular flexibility index (Phi) is 6.41. The average Bonchev–Trinajstić information content (AvgIpc) is 2.35. The minimum Gasteiger partial charge on any atom is -0.499 e. The van der Waals surface area contributed by atoms with Crippen molar-refractivity contribution in [1.82, 2.24) is 0 Å². The molecule has 94 valence electrons. The van der Waals surface area contributed by atoms with Crippen molar-refractivity contribution < 1.29 is 9.47 Å². The largest absolute Gasteiger partial charge is 0.499 e. The van der Waals surface area contributed by atoms with Crippen LogP contribution in [0.5, 0.6) is 0 Å². The zero-order valence-electron chi connectivity index (χ0n) is 11.0. The van der Waals surface area contributed by atoms with Crippen LogP contribution >= 0.6 is 0 Å². The molecular weight excluding hydrogens is 212 g/mol. The fraction of sp³-hybridized carbons (Fsp3) is 0.467. The van der Waals surface area contributed by atoms with E-state index in [4.69, 9.17) is 9.47 Å². The highest BCUT2D eigenvalue weighted by Crippen LogP contribution is 2.21. The van der Waals surface area contributed by atoms with E-state index >= 15 is 0 Å². The highest BCUT2D eigenvalue weighted by molar-refractivity contribution is 5.23. The molecule has 1 rings (SSSR count). The van der Waals surface area contributed by atoms with Crippen LogP contribution in [0, 0.1) is 6.92 Å². The molecule has 1 aromatic carbocycles. The minimum atomic E-state index is 0.171. The summed E-state index contributed by atoms with van der Waals surface area (Å²) in [5, 5.41) is 0. The summed E-state index contributed by atoms with van der Waals surface area (Å²) in [6.45, 7) is 7.39. The molecule has 1 aromatic rings. The Morgan fingerprint density at radius 1 is 1.18 bits per heavy atom. The first-order valence-corrected chi connectivity index (χ1v) is 6.18. The molecule has 0 saturated carbocycles. The van der Waals surface area contributed by atoms with Gasteiger partial charge in [-0.2, -0.15) is 0 Å². The summed E-state index contributed by atoms with van der Waals surface area (Å²) in [7, 11) is 0. The summed E-state index contributed by atoms with van der Waals surface area (Å²) >= 11 is 0. The lowest BCUT2D eigenvalue weighted by atomic mass is 10.1. The molecule has 0 aromatic heterocycles. The van der Waals surface area contributed by atoms with Gasteiger partial charge in [0.25, 0.3) is 0 Å². The Balaban J connectivity index is 2.40. The Bertz CT molecular complexity index is 327. The molecule has 0 fully saturated rings. The molecule has 2 nitrogen and oxygen atoms in total. The smallest absolute Gasteiger partial charge is 0.111 e. The first kappa shape index (κ1) is 13.8. The van der Waals surface area contributed by atoms with Crippen molar-refractivity contribution in [2.24, 2.45) is 0 Å². The van der Waals surface area contributed by atoms with Crippen molar-refractivity contribution in [3.8, 4) is 0 Å². The molecule has 0 bridgehead atoms. The van der Waals surface area contributed by atoms with Crippen molar-refractivity contribution in [3.05, 3.63) is 47.7 Å². The van der Waals surface area contributed by atoms with E-state index in [1.165, 1.54) is 11.1 Å². The number of hydrogen-bond donors (Lipinski definition) is 0. The van der Waals surface area contributed by atoms with E-state index < -0.39 is 0 Å². The summed E-state index contributed by atoms with van der Waals surface area (Å²) < 4.78 is 11.0. The summed E-state index contributed by atoms with van der Waals surface area (Å²) in [4.78, 5) is 0. The van der Waals surface area contributed by atoms with Gasteiger partial charge in [-0.3, -0.25) is 0 Å². The molecule has 0 amide bonds. The molecule has 0 aliphatic heterocycles. The van der Waals surface area contributed by atoms with Gasteiger partial charge in [-0.1, -0.05) is 42.8 Å².